The maximum atomic E-state index is 13.6. The van der Waals surface area contributed by atoms with Crippen LogP contribution in [-0.4, -0.2) is 5.78 Å². The second kappa shape index (κ2) is 4.76. The predicted molar refractivity (Wildman–Crippen MR) is 71.6 cm³/mol. The first-order chi connectivity index (χ1) is 9.54. The zero-order valence-corrected chi connectivity index (χ0v) is 10.8. The van der Waals surface area contributed by atoms with Crippen molar-refractivity contribution in [2.24, 2.45) is 0 Å². The number of halogens is 3. The molecular weight excluding hydrogens is 285 g/mol. The van der Waals surface area contributed by atoms with Gasteiger partial charge in [0.1, 0.15) is 17.5 Å². The fraction of sp³-hybridized carbons (Fsp3) is 0. The highest BCUT2D eigenvalue weighted by Gasteiger charge is 2.17. The lowest BCUT2D eigenvalue weighted by Gasteiger charge is -2.00. The summed E-state index contributed by atoms with van der Waals surface area (Å²) in [5.74, 6) is -2.47. The van der Waals surface area contributed by atoms with Gasteiger partial charge in [-0.3, -0.25) is 4.79 Å². The second-order valence-corrected chi connectivity index (χ2v) is 5.33. The third-order valence-electron chi connectivity index (χ3n) is 2.88. The number of fused-ring (bicyclic) bond motifs is 1. The van der Waals surface area contributed by atoms with Crippen LogP contribution in [0.2, 0.25) is 0 Å². The Morgan fingerprint density at radius 3 is 2.40 bits per heavy atom. The summed E-state index contributed by atoms with van der Waals surface area (Å²) in [6.07, 6.45) is 0. The van der Waals surface area contributed by atoms with Crippen molar-refractivity contribution in [1.82, 2.24) is 0 Å². The number of hydrogen-bond acceptors (Lipinski definition) is 2. The van der Waals surface area contributed by atoms with E-state index in [-0.39, 0.29) is 10.4 Å². The van der Waals surface area contributed by atoms with Crippen LogP contribution in [0.5, 0.6) is 0 Å². The van der Waals surface area contributed by atoms with E-state index in [1.165, 1.54) is 12.1 Å². The minimum Gasteiger partial charge on any atom is -0.288 e. The minimum absolute atomic E-state index is 0.245. The van der Waals surface area contributed by atoms with E-state index >= 15 is 0 Å². The lowest BCUT2D eigenvalue weighted by atomic mass is 10.1. The highest BCUT2D eigenvalue weighted by atomic mass is 32.1. The van der Waals surface area contributed by atoms with E-state index in [1.54, 1.807) is 12.1 Å². The molecule has 20 heavy (non-hydrogen) atoms. The number of thiophene rings is 1. The summed E-state index contributed by atoms with van der Waals surface area (Å²) in [7, 11) is 0. The van der Waals surface area contributed by atoms with Gasteiger partial charge in [0, 0.05) is 4.70 Å². The lowest BCUT2D eigenvalue weighted by Crippen LogP contribution is -2.02. The molecule has 0 saturated carbocycles. The molecule has 0 radical (unpaired) electrons. The molecule has 3 aromatic rings. The van der Waals surface area contributed by atoms with E-state index in [2.05, 4.69) is 0 Å². The van der Waals surface area contributed by atoms with Gasteiger partial charge < -0.3 is 0 Å². The fourth-order valence-electron chi connectivity index (χ4n) is 1.92. The quantitative estimate of drug-likeness (QED) is 0.633. The Balaban J connectivity index is 2.10. The van der Waals surface area contributed by atoms with Crippen LogP contribution in [0.4, 0.5) is 13.2 Å². The zero-order valence-electron chi connectivity index (χ0n) is 9.99. The van der Waals surface area contributed by atoms with Gasteiger partial charge in [-0.05, 0) is 41.8 Å². The molecule has 0 aliphatic carbocycles. The summed E-state index contributed by atoms with van der Waals surface area (Å²) in [6.45, 7) is 0. The van der Waals surface area contributed by atoms with Gasteiger partial charge in [0.2, 0.25) is 5.78 Å². The number of carbonyl (C=O) groups excluding carboxylic acids is 1. The molecule has 0 aliphatic heterocycles. The van der Waals surface area contributed by atoms with Crippen molar-refractivity contribution < 1.29 is 18.0 Å². The van der Waals surface area contributed by atoms with Gasteiger partial charge in [-0.25, -0.2) is 13.2 Å². The Kier molecular flexibility index (Phi) is 3.06. The Bertz CT molecular complexity index is 823. The molecule has 5 heteroatoms. The molecule has 1 aromatic heterocycles. The fourth-order valence-corrected chi connectivity index (χ4v) is 2.96. The van der Waals surface area contributed by atoms with Crippen molar-refractivity contribution in [2.75, 3.05) is 0 Å². The standard InChI is InChI=1S/C15H7F3OS/c16-9-3-4-12(18)11(6-9)15(19)14-5-8-1-2-10(17)7-13(8)20-14/h1-7H. The highest BCUT2D eigenvalue weighted by molar-refractivity contribution is 7.21. The monoisotopic (exact) mass is 292 g/mol. The molecule has 0 bridgehead atoms. The largest absolute Gasteiger partial charge is 0.288 e. The van der Waals surface area contributed by atoms with Gasteiger partial charge in [-0.15, -0.1) is 11.3 Å². The molecule has 0 aliphatic rings. The molecule has 3 rings (SSSR count). The third kappa shape index (κ3) is 2.20. The Morgan fingerprint density at radius 2 is 1.60 bits per heavy atom. The maximum Gasteiger partial charge on any atom is 0.206 e. The van der Waals surface area contributed by atoms with Crippen LogP contribution in [0.15, 0.2) is 42.5 Å². The van der Waals surface area contributed by atoms with E-state index in [1.807, 2.05) is 0 Å². The van der Waals surface area contributed by atoms with Crippen molar-refractivity contribution in [3.63, 3.8) is 0 Å². The summed E-state index contributed by atoms with van der Waals surface area (Å²) in [5, 5.41) is 0.691. The molecule has 0 N–H and O–H groups in total. The van der Waals surface area contributed by atoms with Crippen molar-refractivity contribution in [1.29, 1.82) is 0 Å². The van der Waals surface area contributed by atoms with Crippen molar-refractivity contribution in [3.8, 4) is 0 Å². The molecule has 0 saturated heterocycles. The molecule has 1 nitrogen and oxygen atoms in total. The first-order valence-corrected chi connectivity index (χ1v) is 6.55. The van der Waals surface area contributed by atoms with E-state index in [0.717, 1.165) is 29.5 Å². The predicted octanol–water partition coefficient (Wildman–Crippen LogP) is 4.55. The third-order valence-corrected chi connectivity index (χ3v) is 3.98. The summed E-state index contributed by atoms with van der Waals surface area (Å²) < 4.78 is 40.4. The van der Waals surface area contributed by atoms with E-state index < -0.39 is 23.2 Å². The number of hydrogen-bond donors (Lipinski definition) is 0. The van der Waals surface area contributed by atoms with Crippen LogP contribution in [0.3, 0.4) is 0 Å². The molecule has 2 aromatic carbocycles. The van der Waals surface area contributed by atoms with Crippen molar-refractivity contribution in [3.05, 3.63) is 70.4 Å². The van der Waals surface area contributed by atoms with Crippen LogP contribution in [0.1, 0.15) is 15.2 Å². The SMILES string of the molecule is O=C(c1cc2ccc(F)cc2s1)c1cc(F)ccc1F. The van der Waals surface area contributed by atoms with Gasteiger partial charge in [-0.2, -0.15) is 0 Å². The number of rotatable bonds is 2. The van der Waals surface area contributed by atoms with Crippen LogP contribution in [0, 0.1) is 17.5 Å². The molecule has 1 heterocycles. The molecular formula is C15H7F3OS. The maximum absolute atomic E-state index is 13.6. The Morgan fingerprint density at radius 1 is 0.900 bits per heavy atom. The van der Waals surface area contributed by atoms with E-state index in [9.17, 15) is 18.0 Å². The van der Waals surface area contributed by atoms with Crippen LogP contribution in [-0.2, 0) is 0 Å². The molecule has 0 fully saturated rings. The van der Waals surface area contributed by atoms with Gasteiger partial charge in [0.05, 0.1) is 10.4 Å². The summed E-state index contributed by atoms with van der Waals surface area (Å²) in [6, 6.07) is 8.40. The minimum atomic E-state index is -0.778. The number of ketones is 1. The van der Waals surface area contributed by atoms with Crippen LogP contribution in [0.25, 0.3) is 10.1 Å². The topological polar surface area (TPSA) is 17.1 Å². The van der Waals surface area contributed by atoms with Gasteiger partial charge in [-0.1, -0.05) is 6.07 Å². The normalized spacial score (nSPS) is 10.9. The molecule has 0 atom stereocenters. The molecule has 100 valence electrons. The zero-order chi connectivity index (χ0) is 14.3. The van der Waals surface area contributed by atoms with Gasteiger partial charge in [0.15, 0.2) is 0 Å². The average Bonchev–Trinajstić information content (AvgIpc) is 2.83. The lowest BCUT2D eigenvalue weighted by molar-refractivity contribution is 0.103. The van der Waals surface area contributed by atoms with Crippen LogP contribution < -0.4 is 0 Å². The van der Waals surface area contributed by atoms with Crippen molar-refractivity contribution >= 4 is 27.2 Å². The van der Waals surface area contributed by atoms with Crippen LogP contribution >= 0.6 is 11.3 Å². The summed E-state index contributed by atoms with van der Waals surface area (Å²) in [4.78, 5) is 12.4. The first kappa shape index (κ1) is 12.9. The second-order valence-electron chi connectivity index (χ2n) is 4.25. The van der Waals surface area contributed by atoms with Crippen molar-refractivity contribution in [2.45, 2.75) is 0 Å². The van der Waals surface area contributed by atoms with Gasteiger partial charge in [0.25, 0.3) is 0 Å². The Hall–Kier alpha value is -2.14. The summed E-state index contributed by atoms with van der Waals surface area (Å²) in [5.41, 5.74) is -0.322. The molecule has 0 unspecified atom stereocenters. The molecule has 0 spiro atoms. The Labute approximate surface area is 116 Å². The highest BCUT2D eigenvalue weighted by Crippen LogP contribution is 2.28. The van der Waals surface area contributed by atoms with E-state index in [0.29, 0.717) is 10.1 Å². The van der Waals surface area contributed by atoms with E-state index in [4.69, 9.17) is 0 Å². The van der Waals surface area contributed by atoms with Gasteiger partial charge >= 0.3 is 0 Å². The smallest absolute Gasteiger partial charge is 0.206 e. The molecule has 0 amide bonds. The summed E-state index contributed by atoms with van der Waals surface area (Å²) >= 11 is 1.05. The number of carbonyl (C=O) groups is 1. The number of benzene rings is 2. The first-order valence-electron chi connectivity index (χ1n) is 5.73. The average molecular weight is 292 g/mol.